The van der Waals surface area contributed by atoms with E-state index < -0.39 is 15.5 Å². The number of methoxy groups -OCH3 is 1. The van der Waals surface area contributed by atoms with Crippen LogP contribution in [0.3, 0.4) is 0 Å². The third-order valence-corrected chi connectivity index (χ3v) is 5.22. The molecular formula is C17H26ClNO5S. The summed E-state index contributed by atoms with van der Waals surface area (Å²) < 4.78 is 33.8. The van der Waals surface area contributed by atoms with Crippen molar-refractivity contribution in [1.29, 1.82) is 0 Å². The zero-order valence-corrected chi connectivity index (χ0v) is 16.9. The van der Waals surface area contributed by atoms with Gasteiger partial charge in [-0.15, -0.1) is 11.6 Å². The fraction of sp³-hybridized carbons (Fsp3) is 0.588. The number of benzene rings is 1. The maximum Gasteiger partial charge on any atom is 0.309 e. The summed E-state index contributed by atoms with van der Waals surface area (Å²) in [5.74, 6) is 0.0995. The van der Waals surface area contributed by atoms with Crippen LogP contribution in [0.15, 0.2) is 18.2 Å². The van der Waals surface area contributed by atoms with E-state index in [0.717, 1.165) is 12.0 Å². The minimum atomic E-state index is -3.68. The van der Waals surface area contributed by atoms with E-state index >= 15 is 0 Å². The van der Waals surface area contributed by atoms with Gasteiger partial charge >= 0.3 is 10.1 Å². The van der Waals surface area contributed by atoms with Crippen molar-refractivity contribution in [2.45, 2.75) is 52.1 Å². The first-order valence-electron chi connectivity index (χ1n) is 8.18. The fourth-order valence-corrected chi connectivity index (χ4v) is 2.82. The van der Waals surface area contributed by atoms with Gasteiger partial charge in [0.25, 0.3) is 0 Å². The summed E-state index contributed by atoms with van der Waals surface area (Å²) in [6.45, 7) is 7.36. The fourth-order valence-electron chi connectivity index (χ4n) is 2.18. The van der Waals surface area contributed by atoms with Gasteiger partial charge in [-0.3, -0.25) is 4.79 Å². The van der Waals surface area contributed by atoms with Crippen LogP contribution in [0.1, 0.15) is 39.7 Å². The molecule has 1 aromatic carbocycles. The van der Waals surface area contributed by atoms with Crippen molar-refractivity contribution < 1.29 is 22.1 Å². The highest BCUT2D eigenvalue weighted by Gasteiger charge is 2.24. The Labute approximate surface area is 155 Å². The summed E-state index contributed by atoms with van der Waals surface area (Å²) in [6.07, 6.45) is 0.777. The Bertz CT molecular complexity index is 690. The normalized spacial score (nSPS) is 13.8. The molecule has 0 spiro atoms. The number of nitrogens with zero attached hydrogens (tertiary/aromatic N) is 1. The molecule has 1 amide bonds. The lowest BCUT2D eigenvalue weighted by Crippen LogP contribution is -2.41. The van der Waals surface area contributed by atoms with Crippen molar-refractivity contribution in [2.24, 2.45) is 0 Å². The molecule has 2 unspecified atom stereocenters. The van der Waals surface area contributed by atoms with Crippen LogP contribution >= 0.6 is 11.6 Å². The van der Waals surface area contributed by atoms with E-state index in [1.807, 2.05) is 13.8 Å². The molecule has 0 N–H and O–H groups in total. The molecule has 0 saturated heterocycles. The highest BCUT2D eigenvalue weighted by molar-refractivity contribution is 7.87. The molecule has 25 heavy (non-hydrogen) atoms. The van der Waals surface area contributed by atoms with Crippen LogP contribution < -0.4 is 8.92 Å². The molecule has 0 heterocycles. The van der Waals surface area contributed by atoms with Crippen LogP contribution in [0.2, 0.25) is 0 Å². The van der Waals surface area contributed by atoms with Gasteiger partial charge in [-0.05, 0) is 44.9 Å². The number of carbonyl (C=O) groups is 1. The molecule has 2 atom stereocenters. The molecule has 8 heteroatoms. The number of rotatable bonds is 9. The van der Waals surface area contributed by atoms with Gasteiger partial charge in [0.2, 0.25) is 5.91 Å². The van der Waals surface area contributed by atoms with Gasteiger partial charge in [0, 0.05) is 12.6 Å². The van der Waals surface area contributed by atoms with Gasteiger partial charge in [-0.25, -0.2) is 0 Å². The van der Waals surface area contributed by atoms with E-state index in [1.54, 1.807) is 30.0 Å². The van der Waals surface area contributed by atoms with Crippen LogP contribution in [-0.2, 0) is 21.5 Å². The SMILES string of the molecule is CCC(C)N(Cc1ccc(OC)c(OS(=O)(=O)CC)c1)C(=O)C(C)Cl. The molecule has 0 aliphatic heterocycles. The quantitative estimate of drug-likeness (QED) is 0.477. The molecule has 1 rings (SSSR count). The lowest BCUT2D eigenvalue weighted by atomic mass is 10.1. The Morgan fingerprint density at radius 2 is 1.88 bits per heavy atom. The Morgan fingerprint density at radius 1 is 1.24 bits per heavy atom. The molecule has 0 aliphatic carbocycles. The van der Waals surface area contributed by atoms with Crippen LogP contribution in [0.25, 0.3) is 0 Å². The van der Waals surface area contributed by atoms with Gasteiger partial charge in [-0.1, -0.05) is 13.0 Å². The number of halogens is 1. The number of carbonyl (C=O) groups excluding carboxylic acids is 1. The summed E-state index contributed by atoms with van der Waals surface area (Å²) in [5, 5.41) is -0.636. The van der Waals surface area contributed by atoms with E-state index in [9.17, 15) is 13.2 Å². The predicted molar refractivity (Wildman–Crippen MR) is 98.7 cm³/mol. The van der Waals surface area contributed by atoms with Crippen LogP contribution in [-0.4, -0.2) is 43.5 Å². The summed E-state index contributed by atoms with van der Waals surface area (Å²) in [6, 6.07) is 4.97. The molecular weight excluding hydrogens is 366 g/mol. The van der Waals surface area contributed by atoms with E-state index in [4.69, 9.17) is 20.5 Å². The molecule has 1 aromatic rings. The summed E-state index contributed by atoms with van der Waals surface area (Å²) in [7, 11) is -2.25. The predicted octanol–water partition coefficient (Wildman–Crippen LogP) is 3.18. The van der Waals surface area contributed by atoms with E-state index in [1.165, 1.54) is 14.0 Å². The summed E-state index contributed by atoms with van der Waals surface area (Å²) in [5.41, 5.74) is 0.730. The first-order chi connectivity index (χ1) is 11.6. The number of hydrogen-bond donors (Lipinski definition) is 0. The zero-order chi connectivity index (χ0) is 19.2. The average molecular weight is 392 g/mol. The van der Waals surface area contributed by atoms with Gasteiger partial charge in [0.05, 0.1) is 12.9 Å². The highest BCUT2D eigenvalue weighted by Crippen LogP contribution is 2.30. The molecule has 0 saturated carbocycles. The number of ether oxygens (including phenoxy) is 1. The van der Waals surface area contributed by atoms with Gasteiger partial charge < -0.3 is 13.8 Å². The zero-order valence-electron chi connectivity index (χ0n) is 15.3. The Kier molecular flexibility index (Phi) is 8.02. The molecule has 0 bridgehead atoms. The number of amides is 1. The van der Waals surface area contributed by atoms with Crippen LogP contribution in [0, 0.1) is 0 Å². The third-order valence-electron chi connectivity index (χ3n) is 3.90. The Morgan fingerprint density at radius 3 is 2.36 bits per heavy atom. The van der Waals surface area contributed by atoms with Gasteiger partial charge in [0.1, 0.15) is 5.38 Å². The van der Waals surface area contributed by atoms with E-state index in [0.29, 0.717) is 12.3 Å². The summed E-state index contributed by atoms with van der Waals surface area (Å²) >= 11 is 5.96. The van der Waals surface area contributed by atoms with Crippen LogP contribution in [0.4, 0.5) is 0 Å². The smallest absolute Gasteiger partial charge is 0.309 e. The molecule has 0 aliphatic rings. The highest BCUT2D eigenvalue weighted by atomic mass is 35.5. The first-order valence-corrected chi connectivity index (χ1v) is 10.2. The maximum atomic E-state index is 12.4. The van der Waals surface area contributed by atoms with Crippen molar-refractivity contribution >= 4 is 27.6 Å². The second-order valence-electron chi connectivity index (χ2n) is 5.75. The number of alkyl halides is 1. The second-order valence-corrected chi connectivity index (χ2v) is 8.27. The van der Waals surface area contributed by atoms with Crippen molar-refractivity contribution in [1.82, 2.24) is 4.90 Å². The Hall–Kier alpha value is -1.47. The monoisotopic (exact) mass is 391 g/mol. The topological polar surface area (TPSA) is 72.9 Å². The second kappa shape index (κ2) is 9.29. The van der Waals surface area contributed by atoms with Crippen molar-refractivity contribution in [3.05, 3.63) is 23.8 Å². The van der Waals surface area contributed by atoms with Gasteiger partial charge in [0.15, 0.2) is 11.5 Å². The van der Waals surface area contributed by atoms with Crippen molar-refractivity contribution in [3.63, 3.8) is 0 Å². The minimum Gasteiger partial charge on any atom is -0.493 e. The molecule has 0 aromatic heterocycles. The molecule has 6 nitrogen and oxygen atoms in total. The molecule has 0 fully saturated rings. The maximum absolute atomic E-state index is 12.4. The first kappa shape index (κ1) is 21.6. The Balaban J connectivity index is 3.17. The lowest BCUT2D eigenvalue weighted by Gasteiger charge is -2.30. The van der Waals surface area contributed by atoms with Crippen molar-refractivity contribution in [2.75, 3.05) is 12.9 Å². The van der Waals surface area contributed by atoms with E-state index in [-0.39, 0.29) is 23.5 Å². The largest absolute Gasteiger partial charge is 0.493 e. The molecule has 142 valence electrons. The van der Waals surface area contributed by atoms with Crippen LogP contribution in [0.5, 0.6) is 11.5 Å². The van der Waals surface area contributed by atoms with E-state index in [2.05, 4.69) is 0 Å². The average Bonchev–Trinajstić information content (AvgIpc) is 2.58. The van der Waals surface area contributed by atoms with Gasteiger partial charge in [-0.2, -0.15) is 8.42 Å². The number of hydrogen-bond acceptors (Lipinski definition) is 5. The minimum absolute atomic E-state index is 0.000422. The molecule has 0 radical (unpaired) electrons. The standard InChI is InChI=1S/C17H26ClNO5S/c1-6-12(3)19(17(20)13(4)18)11-14-8-9-15(23-5)16(10-14)24-25(21,22)7-2/h8-10,12-13H,6-7,11H2,1-5H3. The lowest BCUT2D eigenvalue weighted by molar-refractivity contribution is -0.133. The van der Waals surface area contributed by atoms with Crippen molar-refractivity contribution in [3.8, 4) is 11.5 Å². The third kappa shape index (κ3) is 6.08. The summed E-state index contributed by atoms with van der Waals surface area (Å²) in [4.78, 5) is 14.1.